The van der Waals surface area contributed by atoms with Crippen LogP contribution in [0.1, 0.15) is 6.92 Å². The second-order valence-corrected chi connectivity index (χ2v) is 3.32. The Balaban J connectivity index is 2.99. The molecule has 2 nitrogen and oxygen atoms in total. The van der Waals surface area contributed by atoms with E-state index >= 15 is 0 Å². The number of allylic oxidation sites excluding steroid dienone is 2. The van der Waals surface area contributed by atoms with Crippen molar-refractivity contribution < 1.29 is 4.39 Å². The van der Waals surface area contributed by atoms with E-state index in [0.29, 0.717) is 4.48 Å². The number of nitrogens with zero attached hydrogens (tertiary/aromatic N) is 1. The van der Waals surface area contributed by atoms with Crippen molar-refractivity contribution in [1.82, 2.24) is 5.32 Å². The third-order valence-electron chi connectivity index (χ3n) is 1.46. The Hall–Kier alpha value is -0.820. The van der Waals surface area contributed by atoms with Crippen molar-refractivity contribution in [3.63, 3.8) is 0 Å². The normalized spacial score (nSPS) is 29.6. The van der Waals surface area contributed by atoms with E-state index in [0.717, 1.165) is 0 Å². The van der Waals surface area contributed by atoms with Gasteiger partial charge in [0.2, 0.25) is 0 Å². The number of rotatable bonds is 0. The smallest absolute Gasteiger partial charge is 0.174 e. The van der Waals surface area contributed by atoms with Gasteiger partial charge in [0.1, 0.15) is 5.83 Å². The average molecular weight is 217 g/mol. The van der Waals surface area contributed by atoms with Gasteiger partial charge in [0, 0.05) is 10.7 Å². The third-order valence-corrected chi connectivity index (χ3v) is 1.92. The van der Waals surface area contributed by atoms with Crippen molar-refractivity contribution in [3.8, 4) is 6.07 Å². The summed E-state index contributed by atoms with van der Waals surface area (Å²) in [5, 5.41) is 11.2. The Morgan fingerprint density at radius 2 is 2.45 bits per heavy atom. The molecule has 58 valence electrons. The van der Waals surface area contributed by atoms with Gasteiger partial charge >= 0.3 is 0 Å². The number of hydrogen-bond donors (Lipinski definition) is 1. The van der Waals surface area contributed by atoms with Crippen LogP contribution in [0.25, 0.3) is 0 Å². The average Bonchev–Trinajstić information content (AvgIpc) is 1.98. The predicted molar refractivity (Wildman–Crippen MR) is 43.4 cm³/mol. The van der Waals surface area contributed by atoms with Gasteiger partial charge in [-0.1, -0.05) is 0 Å². The molecular formula is C7H6BrFN2. The molecule has 0 aromatic carbocycles. The van der Waals surface area contributed by atoms with Crippen LogP contribution >= 0.6 is 15.9 Å². The predicted octanol–water partition coefficient (Wildman–Crippen LogP) is 1.96. The minimum atomic E-state index is -1.20. The van der Waals surface area contributed by atoms with Crippen LogP contribution in [0, 0.1) is 11.3 Å². The zero-order valence-corrected chi connectivity index (χ0v) is 7.44. The van der Waals surface area contributed by atoms with Gasteiger partial charge in [0.05, 0.1) is 6.07 Å². The molecule has 0 aliphatic carbocycles. The molecule has 0 fully saturated rings. The zero-order chi connectivity index (χ0) is 8.48. The van der Waals surface area contributed by atoms with Crippen molar-refractivity contribution in [1.29, 1.82) is 5.26 Å². The maximum Gasteiger partial charge on any atom is 0.174 e. The maximum absolute atomic E-state index is 13.0. The molecule has 0 saturated carbocycles. The van der Waals surface area contributed by atoms with Gasteiger partial charge in [0.15, 0.2) is 5.54 Å². The molecule has 0 radical (unpaired) electrons. The summed E-state index contributed by atoms with van der Waals surface area (Å²) in [5.41, 5.74) is -1.20. The highest BCUT2D eigenvalue weighted by atomic mass is 79.9. The van der Waals surface area contributed by atoms with E-state index in [2.05, 4.69) is 21.2 Å². The summed E-state index contributed by atoms with van der Waals surface area (Å²) in [7, 11) is 0. The fourth-order valence-corrected chi connectivity index (χ4v) is 0.990. The lowest BCUT2D eigenvalue weighted by atomic mass is 10.0. The van der Waals surface area contributed by atoms with Gasteiger partial charge in [-0.3, -0.25) is 0 Å². The Kier molecular flexibility index (Phi) is 2.01. The van der Waals surface area contributed by atoms with E-state index in [1.54, 1.807) is 6.20 Å². The molecule has 0 bridgehead atoms. The lowest BCUT2D eigenvalue weighted by molar-refractivity contribution is 0.449. The van der Waals surface area contributed by atoms with Crippen LogP contribution in [0.2, 0.25) is 0 Å². The summed E-state index contributed by atoms with van der Waals surface area (Å²) in [5.74, 6) is -0.477. The Labute approximate surface area is 72.5 Å². The molecule has 1 N–H and O–H groups in total. The van der Waals surface area contributed by atoms with E-state index in [4.69, 9.17) is 5.26 Å². The van der Waals surface area contributed by atoms with Gasteiger partial charge < -0.3 is 5.32 Å². The summed E-state index contributed by atoms with van der Waals surface area (Å²) in [6.07, 6.45) is 2.83. The Bertz CT molecular complexity index is 277. The first-order valence-electron chi connectivity index (χ1n) is 3.01. The number of halogens is 2. The van der Waals surface area contributed by atoms with Crippen LogP contribution in [0.15, 0.2) is 22.6 Å². The largest absolute Gasteiger partial charge is 0.367 e. The molecule has 1 aliphatic rings. The van der Waals surface area contributed by atoms with Crippen molar-refractivity contribution in [2.75, 3.05) is 0 Å². The molecule has 0 amide bonds. The molecule has 0 aromatic rings. The third kappa shape index (κ3) is 1.43. The summed E-state index contributed by atoms with van der Waals surface area (Å²) >= 11 is 3.08. The first-order valence-corrected chi connectivity index (χ1v) is 3.80. The van der Waals surface area contributed by atoms with Crippen LogP contribution in [-0.4, -0.2) is 5.54 Å². The van der Waals surface area contributed by atoms with E-state index < -0.39 is 11.4 Å². The summed E-state index contributed by atoms with van der Waals surface area (Å²) in [6.45, 7) is 1.48. The van der Waals surface area contributed by atoms with E-state index in [1.807, 2.05) is 6.07 Å². The van der Waals surface area contributed by atoms with E-state index in [9.17, 15) is 4.39 Å². The van der Waals surface area contributed by atoms with Crippen LogP contribution in [0.3, 0.4) is 0 Å². The highest BCUT2D eigenvalue weighted by molar-refractivity contribution is 9.11. The van der Waals surface area contributed by atoms with Crippen molar-refractivity contribution in [2.45, 2.75) is 12.5 Å². The molecule has 1 rings (SSSR count). The monoisotopic (exact) mass is 216 g/mol. The quantitative estimate of drug-likeness (QED) is 0.673. The fraction of sp³-hybridized carbons (Fsp3) is 0.286. The zero-order valence-electron chi connectivity index (χ0n) is 5.86. The van der Waals surface area contributed by atoms with Gasteiger partial charge in [-0.05, 0) is 28.9 Å². The van der Waals surface area contributed by atoms with Crippen molar-refractivity contribution in [3.05, 3.63) is 22.6 Å². The second kappa shape index (κ2) is 2.67. The molecule has 0 spiro atoms. The summed E-state index contributed by atoms with van der Waals surface area (Å²) in [4.78, 5) is 0. The van der Waals surface area contributed by atoms with E-state index in [1.165, 1.54) is 13.0 Å². The van der Waals surface area contributed by atoms with Gasteiger partial charge in [0.25, 0.3) is 0 Å². The van der Waals surface area contributed by atoms with Crippen LogP contribution in [0.5, 0.6) is 0 Å². The molecule has 11 heavy (non-hydrogen) atoms. The number of nitrogens with one attached hydrogen (secondary N) is 1. The van der Waals surface area contributed by atoms with Gasteiger partial charge in [-0.2, -0.15) is 5.26 Å². The van der Waals surface area contributed by atoms with E-state index in [-0.39, 0.29) is 0 Å². The van der Waals surface area contributed by atoms with Crippen molar-refractivity contribution in [2.24, 2.45) is 0 Å². The number of dihydropyridines is 1. The lowest BCUT2D eigenvalue weighted by Crippen LogP contribution is -2.39. The molecule has 1 atom stereocenters. The standard InChI is InChI=1S/C7H6BrFN2/c1-7(4-10)6(9)2-5(8)3-11-7/h2-3,11H,1H3. The second-order valence-electron chi connectivity index (χ2n) is 2.40. The fourth-order valence-electron chi connectivity index (χ4n) is 0.675. The maximum atomic E-state index is 13.0. The summed E-state index contributed by atoms with van der Waals surface area (Å²) < 4.78 is 13.6. The minimum absolute atomic E-state index is 0.477. The number of hydrogen-bond acceptors (Lipinski definition) is 2. The van der Waals surface area contributed by atoms with Gasteiger partial charge in [-0.15, -0.1) is 0 Å². The van der Waals surface area contributed by atoms with Crippen molar-refractivity contribution >= 4 is 15.9 Å². The molecular weight excluding hydrogens is 211 g/mol. The van der Waals surface area contributed by atoms with Gasteiger partial charge in [-0.25, -0.2) is 4.39 Å². The molecule has 1 aliphatic heterocycles. The molecule has 0 saturated heterocycles. The highest BCUT2D eigenvalue weighted by Crippen LogP contribution is 2.25. The molecule has 4 heteroatoms. The minimum Gasteiger partial charge on any atom is -0.367 e. The van der Waals surface area contributed by atoms with Crippen LogP contribution in [-0.2, 0) is 0 Å². The molecule has 1 heterocycles. The first kappa shape index (κ1) is 8.28. The molecule has 0 aromatic heterocycles. The lowest BCUT2D eigenvalue weighted by Gasteiger charge is -2.23. The Morgan fingerprint density at radius 1 is 1.82 bits per heavy atom. The topological polar surface area (TPSA) is 35.8 Å². The highest BCUT2D eigenvalue weighted by Gasteiger charge is 2.30. The Morgan fingerprint density at radius 3 is 2.91 bits per heavy atom. The number of nitriles is 1. The summed E-state index contributed by atoms with van der Waals surface area (Å²) in [6, 6.07) is 1.83. The van der Waals surface area contributed by atoms with Crippen LogP contribution in [0.4, 0.5) is 4.39 Å². The molecule has 1 unspecified atom stereocenters. The first-order chi connectivity index (χ1) is 5.08. The van der Waals surface area contributed by atoms with Crippen LogP contribution < -0.4 is 5.32 Å². The SMILES string of the molecule is CC1(C#N)NC=C(Br)C=C1F.